The Morgan fingerprint density at radius 3 is 2.33 bits per heavy atom. The average Bonchev–Trinajstić information content (AvgIpc) is 1.82. The molecule has 0 saturated carbocycles. The number of rotatable bonds is 0. The molecule has 65 valence electrons. The van der Waals surface area contributed by atoms with Crippen molar-refractivity contribution in [3.63, 3.8) is 0 Å². The lowest BCUT2D eigenvalue weighted by Gasteiger charge is -2.21. The fourth-order valence-corrected chi connectivity index (χ4v) is 1.22. The molecule has 12 heavy (non-hydrogen) atoms. The van der Waals surface area contributed by atoms with Crippen molar-refractivity contribution in [1.29, 1.82) is 0 Å². The fourth-order valence-electron chi connectivity index (χ4n) is 1.22. The fraction of sp³-hybridized carbons (Fsp3) is 0.444. The van der Waals surface area contributed by atoms with E-state index in [0.29, 0.717) is 0 Å². The van der Waals surface area contributed by atoms with Crippen LogP contribution in [0.3, 0.4) is 0 Å². The molecule has 0 nitrogen and oxygen atoms in total. The van der Waals surface area contributed by atoms with E-state index in [-0.39, 0.29) is 5.57 Å². The predicted molar refractivity (Wildman–Crippen MR) is 39.0 cm³/mol. The Morgan fingerprint density at radius 1 is 1.42 bits per heavy atom. The van der Waals surface area contributed by atoms with Crippen LogP contribution in [0.4, 0.5) is 13.2 Å². The van der Waals surface area contributed by atoms with Gasteiger partial charge in [-0.15, -0.1) is 0 Å². The summed E-state index contributed by atoms with van der Waals surface area (Å²) in [6.45, 7) is 2.89. The Hall–Kier alpha value is -0.730. The highest BCUT2D eigenvalue weighted by Gasteiger charge is 2.38. The number of hydrogen-bond acceptors (Lipinski definition) is 0. The largest absolute Gasteiger partial charge is 0.413 e. The van der Waals surface area contributed by atoms with E-state index in [2.05, 4.69) is 12.5 Å². The first-order chi connectivity index (χ1) is 5.43. The lowest BCUT2D eigenvalue weighted by molar-refractivity contribution is -0.0979. The maximum atomic E-state index is 12.3. The highest BCUT2D eigenvalue weighted by atomic mass is 19.4. The Morgan fingerprint density at radius 2 is 2.00 bits per heavy atom. The van der Waals surface area contributed by atoms with Crippen LogP contribution in [-0.2, 0) is 0 Å². The Bertz CT molecular complexity index is 233. The van der Waals surface area contributed by atoms with E-state index in [0.717, 1.165) is 0 Å². The molecular weight excluding hydrogens is 165 g/mol. The van der Waals surface area contributed by atoms with Gasteiger partial charge in [0.15, 0.2) is 0 Å². The molecule has 0 saturated heterocycles. The van der Waals surface area contributed by atoms with Gasteiger partial charge in [0.2, 0.25) is 0 Å². The molecule has 1 atom stereocenters. The van der Waals surface area contributed by atoms with Crippen LogP contribution in [0.2, 0.25) is 0 Å². The standard InChI is InChI=1S/C9H8F3/c1-6-4-3-5-7(2)8(6)9(10,11)12/h3,6H,1-2H3. The maximum Gasteiger partial charge on any atom is 0.413 e. The van der Waals surface area contributed by atoms with Gasteiger partial charge >= 0.3 is 6.18 Å². The van der Waals surface area contributed by atoms with Gasteiger partial charge < -0.3 is 0 Å². The van der Waals surface area contributed by atoms with Crippen molar-refractivity contribution in [2.45, 2.75) is 20.0 Å². The van der Waals surface area contributed by atoms with E-state index in [4.69, 9.17) is 0 Å². The zero-order chi connectivity index (χ0) is 9.35. The molecule has 0 spiro atoms. The van der Waals surface area contributed by atoms with E-state index in [1.807, 2.05) is 0 Å². The first-order valence-electron chi connectivity index (χ1n) is 3.55. The molecule has 0 aromatic heterocycles. The van der Waals surface area contributed by atoms with Crippen molar-refractivity contribution in [2.75, 3.05) is 0 Å². The minimum absolute atomic E-state index is 0.161. The van der Waals surface area contributed by atoms with Crippen molar-refractivity contribution in [2.24, 2.45) is 5.92 Å². The van der Waals surface area contributed by atoms with Gasteiger partial charge in [-0.1, -0.05) is 13.0 Å². The molecule has 1 aliphatic carbocycles. The first kappa shape index (κ1) is 9.36. The quantitative estimate of drug-likeness (QED) is 0.528. The van der Waals surface area contributed by atoms with Gasteiger partial charge in [0.1, 0.15) is 0 Å². The van der Waals surface area contributed by atoms with Crippen LogP contribution in [0.25, 0.3) is 0 Å². The zero-order valence-corrected chi connectivity index (χ0v) is 6.79. The van der Waals surface area contributed by atoms with E-state index in [1.165, 1.54) is 19.9 Å². The summed E-state index contributed by atoms with van der Waals surface area (Å²) < 4.78 is 36.9. The average molecular weight is 173 g/mol. The molecule has 1 rings (SSSR count). The van der Waals surface area contributed by atoms with Gasteiger partial charge in [0.05, 0.1) is 0 Å². The first-order valence-corrected chi connectivity index (χ1v) is 3.55. The van der Waals surface area contributed by atoms with E-state index >= 15 is 0 Å². The third kappa shape index (κ3) is 1.71. The Balaban J connectivity index is 3.05. The summed E-state index contributed by atoms with van der Waals surface area (Å²) in [6.07, 6.45) is 2.21. The Labute approximate surface area is 69.8 Å². The molecule has 1 aliphatic rings. The second-order valence-electron chi connectivity index (χ2n) is 2.71. The van der Waals surface area contributed by atoms with E-state index in [1.54, 1.807) is 0 Å². The summed E-state index contributed by atoms with van der Waals surface area (Å²) in [5.41, 5.74) is -0.376. The van der Waals surface area contributed by atoms with Crippen LogP contribution < -0.4 is 0 Å². The third-order valence-corrected chi connectivity index (χ3v) is 1.76. The van der Waals surface area contributed by atoms with Crippen LogP contribution >= 0.6 is 0 Å². The van der Waals surface area contributed by atoms with Crippen LogP contribution in [0, 0.1) is 18.4 Å². The summed E-state index contributed by atoms with van der Waals surface area (Å²) >= 11 is 0. The molecular formula is C9H8F3. The molecule has 0 N–H and O–H groups in total. The number of halogens is 3. The minimum Gasteiger partial charge on any atom is -0.166 e. The molecule has 3 heteroatoms. The summed E-state index contributed by atoms with van der Waals surface area (Å²) in [4.78, 5) is 0. The molecule has 0 aliphatic heterocycles. The van der Waals surface area contributed by atoms with Crippen molar-refractivity contribution in [1.82, 2.24) is 0 Å². The van der Waals surface area contributed by atoms with Gasteiger partial charge in [-0.2, -0.15) is 13.2 Å². The van der Waals surface area contributed by atoms with Crippen LogP contribution in [0.1, 0.15) is 13.8 Å². The number of allylic oxidation sites excluding steroid dienone is 4. The van der Waals surface area contributed by atoms with Crippen molar-refractivity contribution in [3.8, 4) is 0 Å². The summed E-state index contributed by atoms with van der Waals surface area (Å²) in [6, 6.07) is 0. The molecule has 1 unspecified atom stereocenters. The molecule has 0 fully saturated rings. The number of alkyl halides is 3. The second-order valence-corrected chi connectivity index (χ2v) is 2.71. The number of hydrogen-bond donors (Lipinski definition) is 0. The van der Waals surface area contributed by atoms with Gasteiger partial charge in [0.25, 0.3) is 0 Å². The molecule has 0 aromatic carbocycles. The topological polar surface area (TPSA) is 0 Å². The van der Waals surface area contributed by atoms with E-state index in [9.17, 15) is 13.2 Å². The molecule has 0 amide bonds. The molecule has 0 bridgehead atoms. The zero-order valence-electron chi connectivity index (χ0n) is 6.79. The molecule has 3 radical (unpaired) electrons. The predicted octanol–water partition coefficient (Wildman–Crippen LogP) is 2.96. The van der Waals surface area contributed by atoms with Gasteiger partial charge in [-0.05, 0) is 24.5 Å². The van der Waals surface area contributed by atoms with Crippen LogP contribution in [0.15, 0.2) is 17.2 Å². The van der Waals surface area contributed by atoms with Crippen molar-refractivity contribution < 1.29 is 13.2 Å². The van der Waals surface area contributed by atoms with Crippen molar-refractivity contribution >= 4 is 0 Å². The van der Waals surface area contributed by atoms with Gasteiger partial charge in [-0.3, -0.25) is 0 Å². The maximum absolute atomic E-state index is 12.3. The van der Waals surface area contributed by atoms with Gasteiger partial charge in [-0.25, -0.2) is 0 Å². The summed E-state index contributed by atoms with van der Waals surface area (Å²) in [5, 5.41) is 0. The summed E-state index contributed by atoms with van der Waals surface area (Å²) in [5.74, 6) is -0.675. The Kier molecular flexibility index (Phi) is 2.31. The highest BCUT2D eigenvalue weighted by molar-refractivity contribution is 5.33. The summed E-state index contributed by atoms with van der Waals surface area (Å²) in [7, 11) is 0. The molecule has 0 aromatic rings. The monoisotopic (exact) mass is 173 g/mol. The smallest absolute Gasteiger partial charge is 0.166 e. The SMILES string of the molecule is CC1=C(C(F)(F)F)C(C)[C]C=[C]1. The van der Waals surface area contributed by atoms with Crippen LogP contribution in [0.5, 0.6) is 0 Å². The minimum atomic E-state index is -4.25. The normalized spacial score (nSPS) is 24.9. The van der Waals surface area contributed by atoms with E-state index < -0.39 is 17.7 Å². The third-order valence-electron chi connectivity index (χ3n) is 1.76. The van der Waals surface area contributed by atoms with Gasteiger partial charge in [0, 0.05) is 12.0 Å². The second kappa shape index (κ2) is 2.96. The van der Waals surface area contributed by atoms with Crippen molar-refractivity contribution in [3.05, 3.63) is 29.7 Å². The molecule has 0 heterocycles. The van der Waals surface area contributed by atoms with Crippen LogP contribution in [-0.4, -0.2) is 6.18 Å². The highest BCUT2D eigenvalue weighted by Crippen LogP contribution is 2.37. The lowest BCUT2D eigenvalue weighted by atomic mass is 9.88. The lowest BCUT2D eigenvalue weighted by Crippen LogP contribution is -2.21.